The Labute approximate surface area is 129 Å². The van der Waals surface area contributed by atoms with Gasteiger partial charge in [-0.3, -0.25) is 0 Å². The molecule has 3 rings (SSSR count). The molecule has 2 N–H and O–H groups in total. The molecular formula is C16H22FN3O2. The van der Waals surface area contributed by atoms with Gasteiger partial charge in [0.1, 0.15) is 5.82 Å². The molecule has 1 aromatic carbocycles. The Morgan fingerprint density at radius 1 is 1.32 bits per heavy atom. The van der Waals surface area contributed by atoms with Crippen molar-refractivity contribution in [3.05, 3.63) is 24.0 Å². The van der Waals surface area contributed by atoms with Crippen molar-refractivity contribution in [1.29, 1.82) is 0 Å². The second-order valence-corrected chi connectivity index (χ2v) is 5.83. The van der Waals surface area contributed by atoms with E-state index in [1.807, 2.05) is 4.90 Å². The van der Waals surface area contributed by atoms with Crippen molar-refractivity contribution in [2.45, 2.75) is 31.8 Å². The van der Waals surface area contributed by atoms with Gasteiger partial charge in [0.05, 0.1) is 11.8 Å². The van der Waals surface area contributed by atoms with Crippen molar-refractivity contribution in [3.63, 3.8) is 0 Å². The summed E-state index contributed by atoms with van der Waals surface area (Å²) in [5.74, 6) is -0.293. The van der Waals surface area contributed by atoms with Crippen LogP contribution in [0.2, 0.25) is 0 Å². The van der Waals surface area contributed by atoms with Gasteiger partial charge in [-0.15, -0.1) is 0 Å². The zero-order valence-corrected chi connectivity index (χ0v) is 12.6. The molecule has 2 aliphatic heterocycles. The molecule has 2 fully saturated rings. The third kappa shape index (κ3) is 3.68. The second-order valence-electron chi connectivity index (χ2n) is 5.83. The van der Waals surface area contributed by atoms with Crippen molar-refractivity contribution in [1.82, 2.24) is 5.32 Å². The maximum Gasteiger partial charge on any atom is 0.319 e. The molecule has 22 heavy (non-hydrogen) atoms. The summed E-state index contributed by atoms with van der Waals surface area (Å²) in [6.45, 7) is 3.04. The molecule has 2 saturated heterocycles. The fourth-order valence-corrected chi connectivity index (χ4v) is 2.99. The normalized spacial score (nSPS) is 21.1. The van der Waals surface area contributed by atoms with Crippen LogP contribution < -0.4 is 15.5 Å². The number of carbonyl (C=O) groups is 1. The van der Waals surface area contributed by atoms with Crippen molar-refractivity contribution in [2.75, 3.05) is 36.5 Å². The van der Waals surface area contributed by atoms with Crippen LogP contribution >= 0.6 is 0 Å². The molecule has 0 bridgehead atoms. The zero-order chi connectivity index (χ0) is 15.4. The number of halogens is 1. The van der Waals surface area contributed by atoms with Gasteiger partial charge in [0.25, 0.3) is 0 Å². The van der Waals surface area contributed by atoms with Gasteiger partial charge < -0.3 is 20.3 Å². The number of anilines is 2. The molecule has 0 radical (unpaired) electrons. The van der Waals surface area contributed by atoms with Gasteiger partial charge in [0, 0.05) is 31.9 Å². The molecule has 2 heterocycles. The van der Waals surface area contributed by atoms with Gasteiger partial charge >= 0.3 is 6.03 Å². The van der Waals surface area contributed by atoms with E-state index in [0.717, 1.165) is 45.4 Å². The van der Waals surface area contributed by atoms with E-state index in [0.29, 0.717) is 17.9 Å². The first-order chi connectivity index (χ1) is 10.7. The van der Waals surface area contributed by atoms with E-state index in [9.17, 15) is 9.18 Å². The highest BCUT2D eigenvalue weighted by Crippen LogP contribution is 2.26. The maximum atomic E-state index is 14.2. The Morgan fingerprint density at radius 3 is 2.82 bits per heavy atom. The Morgan fingerprint density at radius 2 is 2.14 bits per heavy atom. The van der Waals surface area contributed by atoms with Crippen LogP contribution in [0.5, 0.6) is 0 Å². The van der Waals surface area contributed by atoms with Crippen LogP contribution in [-0.4, -0.2) is 38.4 Å². The lowest BCUT2D eigenvalue weighted by atomic mass is 10.2. The lowest BCUT2D eigenvalue weighted by Gasteiger charge is -2.19. The van der Waals surface area contributed by atoms with E-state index in [2.05, 4.69) is 10.6 Å². The van der Waals surface area contributed by atoms with Crippen LogP contribution in [0.3, 0.4) is 0 Å². The van der Waals surface area contributed by atoms with Gasteiger partial charge in [0.15, 0.2) is 0 Å². The minimum Gasteiger partial charge on any atom is -0.376 e. The third-order valence-corrected chi connectivity index (χ3v) is 4.17. The van der Waals surface area contributed by atoms with E-state index in [4.69, 9.17) is 4.74 Å². The average Bonchev–Trinajstić information content (AvgIpc) is 3.19. The number of rotatable bonds is 4. The number of urea groups is 1. The number of ether oxygens (including phenoxy) is 1. The minimum atomic E-state index is -0.330. The van der Waals surface area contributed by atoms with Crippen LogP contribution in [0.1, 0.15) is 25.7 Å². The molecule has 0 spiro atoms. The first-order valence-corrected chi connectivity index (χ1v) is 7.93. The Bertz CT molecular complexity index is 526. The minimum absolute atomic E-state index is 0.0972. The summed E-state index contributed by atoms with van der Waals surface area (Å²) in [6, 6.07) is 4.52. The van der Waals surface area contributed by atoms with Crippen molar-refractivity contribution in [3.8, 4) is 0 Å². The number of hydrogen-bond donors (Lipinski definition) is 2. The quantitative estimate of drug-likeness (QED) is 0.899. The summed E-state index contributed by atoms with van der Waals surface area (Å²) in [6.07, 6.45) is 4.31. The highest BCUT2D eigenvalue weighted by atomic mass is 19.1. The summed E-state index contributed by atoms with van der Waals surface area (Å²) >= 11 is 0. The SMILES string of the molecule is O=C(NCC1CCCO1)Nc1ccc(N2CCCC2)c(F)c1. The van der Waals surface area contributed by atoms with Crippen molar-refractivity contribution >= 4 is 17.4 Å². The third-order valence-electron chi connectivity index (χ3n) is 4.17. The van der Waals surface area contributed by atoms with Crippen LogP contribution in [-0.2, 0) is 4.74 Å². The second kappa shape index (κ2) is 6.96. The number of nitrogens with zero attached hydrogens (tertiary/aromatic N) is 1. The van der Waals surface area contributed by atoms with E-state index in [-0.39, 0.29) is 18.0 Å². The van der Waals surface area contributed by atoms with Crippen LogP contribution in [0.4, 0.5) is 20.6 Å². The Balaban J connectivity index is 1.53. The van der Waals surface area contributed by atoms with Crippen LogP contribution in [0.15, 0.2) is 18.2 Å². The number of carbonyl (C=O) groups excluding carboxylic acids is 1. The van der Waals surface area contributed by atoms with Crippen molar-refractivity contribution in [2.24, 2.45) is 0 Å². The predicted molar refractivity (Wildman–Crippen MR) is 83.8 cm³/mol. The summed E-state index contributed by atoms with van der Waals surface area (Å²) in [4.78, 5) is 13.8. The summed E-state index contributed by atoms with van der Waals surface area (Å²) < 4.78 is 19.6. The largest absolute Gasteiger partial charge is 0.376 e. The molecule has 0 aliphatic carbocycles. The first-order valence-electron chi connectivity index (χ1n) is 7.93. The van der Waals surface area contributed by atoms with Crippen LogP contribution in [0.25, 0.3) is 0 Å². The molecular weight excluding hydrogens is 285 g/mol. The van der Waals surface area contributed by atoms with Gasteiger partial charge in [-0.05, 0) is 43.9 Å². The standard InChI is InChI=1S/C16H22FN3O2/c17-14-10-12(5-6-15(14)20-7-1-2-8-20)19-16(21)18-11-13-4-3-9-22-13/h5-6,10,13H,1-4,7-9,11H2,(H2,18,19,21). The molecule has 1 atom stereocenters. The number of benzene rings is 1. The molecule has 1 aromatic rings. The molecule has 1 unspecified atom stereocenters. The molecule has 2 amide bonds. The van der Waals surface area contributed by atoms with E-state index < -0.39 is 0 Å². The summed E-state index contributed by atoms with van der Waals surface area (Å²) in [5, 5.41) is 5.41. The van der Waals surface area contributed by atoms with Gasteiger partial charge in [0.2, 0.25) is 0 Å². The molecule has 0 saturated carbocycles. The molecule has 120 valence electrons. The number of amides is 2. The van der Waals surface area contributed by atoms with E-state index >= 15 is 0 Å². The van der Waals surface area contributed by atoms with Crippen molar-refractivity contribution < 1.29 is 13.9 Å². The fourth-order valence-electron chi connectivity index (χ4n) is 2.99. The van der Waals surface area contributed by atoms with E-state index in [1.54, 1.807) is 12.1 Å². The van der Waals surface area contributed by atoms with Gasteiger partial charge in [-0.25, -0.2) is 9.18 Å². The first kappa shape index (κ1) is 15.1. The monoisotopic (exact) mass is 307 g/mol. The molecule has 0 aromatic heterocycles. The molecule has 2 aliphatic rings. The fraction of sp³-hybridized carbons (Fsp3) is 0.562. The predicted octanol–water partition coefficient (Wildman–Crippen LogP) is 2.73. The van der Waals surface area contributed by atoms with Crippen LogP contribution in [0, 0.1) is 5.82 Å². The Hall–Kier alpha value is -1.82. The average molecular weight is 307 g/mol. The lowest BCUT2D eigenvalue weighted by Crippen LogP contribution is -2.35. The topological polar surface area (TPSA) is 53.6 Å². The Kier molecular flexibility index (Phi) is 4.77. The van der Waals surface area contributed by atoms with E-state index in [1.165, 1.54) is 6.07 Å². The van der Waals surface area contributed by atoms with Gasteiger partial charge in [-0.2, -0.15) is 0 Å². The summed E-state index contributed by atoms with van der Waals surface area (Å²) in [5.41, 5.74) is 1.08. The zero-order valence-electron chi connectivity index (χ0n) is 12.6. The molecule has 5 nitrogen and oxygen atoms in total. The number of hydrogen-bond acceptors (Lipinski definition) is 3. The summed E-state index contributed by atoms with van der Waals surface area (Å²) in [7, 11) is 0. The number of nitrogens with one attached hydrogen (secondary N) is 2. The van der Waals surface area contributed by atoms with Gasteiger partial charge in [-0.1, -0.05) is 0 Å². The smallest absolute Gasteiger partial charge is 0.319 e. The highest BCUT2D eigenvalue weighted by molar-refractivity contribution is 5.89. The maximum absolute atomic E-state index is 14.2. The lowest BCUT2D eigenvalue weighted by molar-refractivity contribution is 0.112. The molecule has 6 heteroatoms. The highest BCUT2D eigenvalue weighted by Gasteiger charge is 2.18.